The summed E-state index contributed by atoms with van der Waals surface area (Å²) in [7, 11) is 0. The average Bonchev–Trinajstić information content (AvgIpc) is 2.55. The lowest BCUT2D eigenvalue weighted by Crippen LogP contribution is -2.45. The van der Waals surface area contributed by atoms with Crippen molar-refractivity contribution < 1.29 is 14.3 Å². The van der Waals surface area contributed by atoms with Gasteiger partial charge in [-0.1, -0.05) is 36.4 Å². The van der Waals surface area contributed by atoms with Gasteiger partial charge < -0.3 is 15.8 Å². The molecule has 2 aromatic carbocycles. The molecular formula is C18H20N2O3. The van der Waals surface area contributed by atoms with Crippen LogP contribution in [0.2, 0.25) is 0 Å². The van der Waals surface area contributed by atoms with E-state index in [0.717, 1.165) is 5.56 Å². The third-order valence-corrected chi connectivity index (χ3v) is 3.34. The molecule has 0 spiro atoms. The minimum Gasteiger partial charge on any atom is -0.494 e. The molecule has 0 unspecified atom stereocenters. The molecule has 0 aromatic heterocycles. The normalized spacial score (nSPS) is 11.5. The Morgan fingerprint density at radius 2 is 1.87 bits per heavy atom. The quantitative estimate of drug-likeness (QED) is 0.819. The summed E-state index contributed by atoms with van der Waals surface area (Å²) < 4.78 is 5.37. The molecule has 0 radical (unpaired) electrons. The number of primary amides is 1. The summed E-state index contributed by atoms with van der Waals surface area (Å²) in [6.45, 7) is 2.39. The minimum atomic E-state index is -0.763. The monoisotopic (exact) mass is 312 g/mol. The molecule has 0 heterocycles. The van der Waals surface area contributed by atoms with Gasteiger partial charge in [0.1, 0.15) is 11.8 Å². The molecule has 5 heteroatoms. The fraction of sp³-hybridized carbons (Fsp3) is 0.222. The summed E-state index contributed by atoms with van der Waals surface area (Å²) in [5, 5.41) is 2.68. The molecule has 3 N–H and O–H groups in total. The van der Waals surface area contributed by atoms with Crippen molar-refractivity contribution in [2.45, 2.75) is 19.4 Å². The number of rotatable bonds is 7. The van der Waals surface area contributed by atoms with Gasteiger partial charge in [-0.15, -0.1) is 0 Å². The molecule has 0 aliphatic heterocycles. The molecule has 0 bridgehead atoms. The van der Waals surface area contributed by atoms with Crippen LogP contribution in [0, 0.1) is 0 Å². The predicted molar refractivity (Wildman–Crippen MR) is 88.2 cm³/mol. The second-order valence-corrected chi connectivity index (χ2v) is 5.08. The zero-order chi connectivity index (χ0) is 16.7. The van der Waals surface area contributed by atoms with Crippen LogP contribution in [0.4, 0.5) is 0 Å². The van der Waals surface area contributed by atoms with Crippen molar-refractivity contribution >= 4 is 11.8 Å². The highest BCUT2D eigenvalue weighted by atomic mass is 16.5. The summed E-state index contributed by atoms with van der Waals surface area (Å²) in [6.07, 6.45) is 0.354. The number of amides is 2. The van der Waals surface area contributed by atoms with Crippen molar-refractivity contribution in [3.05, 3.63) is 65.7 Å². The van der Waals surface area contributed by atoms with Crippen LogP contribution < -0.4 is 15.8 Å². The van der Waals surface area contributed by atoms with E-state index in [4.69, 9.17) is 10.5 Å². The van der Waals surface area contributed by atoms with Gasteiger partial charge in [0.2, 0.25) is 5.91 Å². The van der Waals surface area contributed by atoms with Gasteiger partial charge in [0, 0.05) is 12.0 Å². The lowest BCUT2D eigenvalue weighted by Gasteiger charge is -2.16. The topological polar surface area (TPSA) is 81.4 Å². The molecule has 0 aliphatic rings. The lowest BCUT2D eigenvalue weighted by atomic mass is 10.0. The number of carbonyl (C=O) groups is 2. The highest BCUT2D eigenvalue weighted by Crippen LogP contribution is 2.13. The van der Waals surface area contributed by atoms with E-state index in [0.29, 0.717) is 24.3 Å². The maximum absolute atomic E-state index is 12.3. The van der Waals surface area contributed by atoms with E-state index in [2.05, 4.69) is 5.32 Å². The van der Waals surface area contributed by atoms with Crippen LogP contribution in [0.3, 0.4) is 0 Å². The van der Waals surface area contributed by atoms with Crippen LogP contribution in [0.25, 0.3) is 0 Å². The van der Waals surface area contributed by atoms with Crippen molar-refractivity contribution in [2.75, 3.05) is 6.61 Å². The number of nitrogens with two attached hydrogens (primary N) is 1. The standard InChI is InChI=1S/C18H20N2O3/c1-2-23-15-10-6-9-14(12-15)18(22)20-16(17(19)21)11-13-7-4-3-5-8-13/h3-10,12,16H,2,11H2,1H3,(H2,19,21)(H,20,22)/t16-/m1/s1. The Balaban J connectivity index is 2.09. The molecule has 120 valence electrons. The first-order valence-corrected chi connectivity index (χ1v) is 7.47. The maximum Gasteiger partial charge on any atom is 0.252 e. The second kappa shape index (κ2) is 7.98. The van der Waals surface area contributed by atoms with Crippen molar-refractivity contribution in [1.82, 2.24) is 5.32 Å². The Morgan fingerprint density at radius 1 is 1.13 bits per heavy atom. The Morgan fingerprint density at radius 3 is 2.52 bits per heavy atom. The fourth-order valence-electron chi connectivity index (χ4n) is 2.21. The summed E-state index contributed by atoms with van der Waals surface area (Å²) in [6, 6.07) is 15.5. The third kappa shape index (κ3) is 4.85. The van der Waals surface area contributed by atoms with E-state index >= 15 is 0 Å². The van der Waals surface area contributed by atoms with Crippen LogP contribution in [-0.2, 0) is 11.2 Å². The molecule has 2 amide bonds. The van der Waals surface area contributed by atoms with Gasteiger partial charge in [0.25, 0.3) is 5.91 Å². The van der Waals surface area contributed by atoms with Gasteiger partial charge in [-0.3, -0.25) is 9.59 Å². The number of ether oxygens (including phenoxy) is 1. The van der Waals surface area contributed by atoms with E-state index in [-0.39, 0.29) is 5.91 Å². The molecular weight excluding hydrogens is 292 g/mol. The minimum absolute atomic E-state index is 0.354. The van der Waals surface area contributed by atoms with Gasteiger partial charge in [-0.25, -0.2) is 0 Å². The third-order valence-electron chi connectivity index (χ3n) is 3.34. The van der Waals surface area contributed by atoms with Crippen molar-refractivity contribution in [2.24, 2.45) is 5.73 Å². The van der Waals surface area contributed by atoms with Crippen LogP contribution >= 0.6 is 0 Å². The van der Waals surface area contributed by atoms with Gasteiger partial charge in [0.05, 0.1) is 6.61 Å². The Kier molecular flexibility index (Phi) is 5.74. The molecule has 23 heavy (non-hydrogen) atoms. The van der Waals surface area contributed by atoms with E-state index < -0.39 is 11.9 Å². The van der Waals surface area contributed by atoms with Crippen LogP contribution in [0.1, 0.15) is 22.8 Å². The Bertz CT molecular complexity index is 671. The highest BCUT2D eigenvalue weighted by Gasteiger charge is 2.19. The second-order valence-electron chi connectivity index (χ2n) is 5.08. The average molecular weight is 312 g/mol. The number of benzene rings is 2. The Hall–Kier alpha value is -2.82. The Labute approximate surface area is 135 Å². The predicted octanol–water partition coefficient (Wildman–Crippen LogP) is 1.91. The first-order valence-electron chi connectivity index (χ1n) is 7.47. The molecule has 0 aliphatic carbocycles. The fourth-order valence-corrected chi connectivity index (χ4v) is 2.21. The lowest BCUT2D eigenvalue weighted by molar-refractivity contribution is -0.119. The van der Waals surface area contributed by atoms with Crippen LogP contribution in [0.5, 0.6) is 5.75 Å². The van der Waals surface area contributed by atoms with Crippen LogP contribution in [0.15, 0.2) is 54.6 Å². The first kappa shape index (κ1) is 16.5. The largest absolute Gasteiger partial charge is 0.494 e. The number of carbonyl (C=O) groups excluding carboxylic acids is 2. The molecule has 5 nitrogen and oxygen atoms in total. The zero-order valence-corrected chi connectivity index (χ0v) is 13.0. The van der Waals surface area contributed by atoms with Gasteiger partial charge in [-0.2, -0.15) is 0 Å². The number of hydrogen-bond acceptors (Lipinski definition) is 3. The van der Waals surface area contributed by atoms with E-state index in [1.165, 1.54) is 0 Å². The molecule has 0 saturated heterocycles. The van der Waals surface area contributed by atoms with Crippen molar-refractivity contribution in [3.8, 4) is 5.75 Å². The zero-order valence-electron chi connectivity index (χ0n) is 13.0. The summed E-state index contributed by atoms with van der Waals surface area (Å²) >= 11 is 0. The van der Waals surface area contributed by atoms with E-state index in [1.807, 2.05) is 37.3 Å². The van der Waals surface area contributed by atoms with Gasteiger partial charge >= 0.3 is 0 Å². The smallest absolute Gasteiger partial charge is 0.252 e. The number of nitrogens with one attached hydrogen (secondary N) is 1. The highest BCUT2D eigenvalue weighted by molar-refractivity contribution is 5.97. The summed E-state index contributed by atoms with van der Waals surface area (Å²) in [5.74, 6) is -0.312. The SMILES string of the molecule is CCOc1cccc(C(=O)N[C@H](Cc2ccccc2)C(N)=O)c1. The van der Waals surface area contributed by atoms with Crippen molar-refractivity contribution in [3.63, 3.8) is 0 Å². The number of hydrogen-bond donors (Lipinski definition) is 2. The molecule has 0 fully saturated rings. The molecule has 2 rings (SSSR count). The maximum atomic E-state index is 12.3. The van der Waals surface area contributed by atoms with Crippen molar-refractivity contribution in [1.29, 1.82) is 0 Å². The molecule has 2 aromatic rings. The summed E-state index contributed by atoms with van der Waals surface area (Å²) in [5.41, 5.74) is 6.77. The van der Waals surface area contributed by atoms with Gasteiger partial charge in [-0.05, 0) is 30.7 Å². The molecule has 1 atom stereocenters. The van der Waals surface area contributed by atoms with Gasteiger partial charge in [0.15, 0.2) is 0 Å². The van der Waals surface area contributed by atoms with Crippen LogP contribution in [-0.4, -0.2) is 24.5 Å². The summed E-state index contributed by atoms with van der Waals surface area (Å²) in [4.78, 5) is 24.0. The first-order chi connectivity index (χ1) is 11.1. The van der Waals surface area contributed by atoms with E-state index in [1.54, 1.807) is 24.3 Å². The molecule has 0 saturated carbocycles. The van der Waals surface area contributed by atoms with E-state index in [9.17, 15) is 9.59 Å².